The predicted octanol–water partition coefficient (Wildman–Crippen LogP) is -0.257. The molecule has 1 aromatic heterocycles. The van der Waals surface area contributed by atoms with Gasteiger partial charge in [-0.05, 0) is 12.8 Å². The van der Waals surface area contributed by atoms with Crippen LogP contribution in [0.5, 0.6) is 0 Å². The third-order valence-electron chi connectivity index (χ3n) is 2.48. The Hall–Kier alpha value is -1.85. The number of carbonyl (C=O) groups is 2. The summed E-state index contributed by atoms with van der Waals surface area (Å²) in [6.45, 7) is 0. The Bertz CT molecular complexity index is 408. The number of primary amides is 1. The van der Waals surface area contributed by atoms with Crippen molar-refractivity contribution in [2.24, 2.45) is 5.73 Å². The molecule has 1 saturated carbocycles. The Morgan fingerprint density at radius 1 is 1.60 bits per heavy atom. The van der Waals surface area contributed by atoms with Crippen LogP contribution < -0.4 is 5.73 Å². The molecule has 1 aliphatic carbocycles. The molecule has 3 N–H and O–H groups in total. The van der Waals surface area contributed by atoms with Gasteiger partial charge in [-0.2, -0.15) is 5.10 Å². The minimum atomic E-state index is -0.639. The van der Waals surface area contributed by atoms with Gasteiger partial charge in [0.05, 0.1) is 0 Å². The standard InChI is InChI=1S/C9H12N4O2/c1-13(5-2-3-5)9(15)7-4-6(8(10)14)11-12-7/h4-5H,2-3H2,1H3,(H2,10,14)(H,11,12). The lowest BCUT2D eigenvalue weighted by molar-refractivity contribution is 0.0779. The molecule has 6 heteroatoms. The summed E-state index contributed by atoms with van der Waals surface area (Å²) < 4.78 is 0. The average Bonchev–Trinajstić information content (AvgIpc) is 2.93. The normalized spacial score (nSPS) is 15.0. The number of rotatable bonds is 3. The third kappa shape index (κ3) is 1.83. The van der Waals surface area contributed by atoms with E-state index >= 15 is 0 Å². The number of hydrogen-bond donors (Lipinski definition) is 2. The van der Waals surface area contributed by atoms with Gasteiger partial charge in [-0.15, -0.1) is 0 Å². The van der Waals surface area contributed by atoms with Crippen molar-refractivity contribution in [3.8, 4) is 0 Å². The number of H-pyrrole nitrogens is 1. The van der Waals surface area contributed by atoms with Crippen LogP contribution in [0.1, 0.15) is 33.8 Å². The summed E-state index contributed by atoms with van der Waals surface area (Å²) in [5, 5.41) is 6.16. The molecule has 0 unspecified atom stereocenters. The van der Waals surface area contributed by atoms with Gasteiger partial charge in [0, 0.05) is 19.2 Å². The number of carbonyl (C=O) groups excluding carboxylic acids is 2. The maximum absolute atomic E-state index is 11.8. The Balaban J connectivity index is 2.14. The molecule has 1 heterocycles. The van der Waals surface area contributed by atoms with Crippen molar-refractivity contribution in [1.29, 1.82) is 0 Å². The number of nitrogens with zero attached hydrogens (tertiary/aromatic N) is 2. The molecule has 6 nitrogen and oxygen atoms in total. The molecule has 2 rings (SSSR count). The predicted molar refractivity (Wildman–Crippen MR) is 52.2 cm³/mol. The molecular formula is C9H12N4O2. The molecule has 80 valence electrons. The number of nitrogens with two attached hydrogens (primary N) is 1. The zero-order valence-corrected chi connectivity index (χ0v) is 8.36. The smallest absolute Gasteiger partial charge is 0.271 e. The van der Waals surface area contributed by atoms with E-state index in [1.165, 1.54) is 6.07 Å². The average molecular weight is 208 g/mol. The number of hydrogen-bond acceptors (Lipinski definition) is 3. The third-order valence-corrected chi connectivity index (χ3v) is 2.48. The van der Waals surface area contributed by atoms with Crippen molar-refractivity contribution in [2.75, 3.05) is 7.05 Å². The molecule has 0 bridgehead atoms. The highest BCUT2D eigenvalue weighted by molar-refractivity contribution is 5.97. The topological polar surface area (TPSA) is 92.1 Å². The number of amides is 2. The molecule has 1 aliphatic rings. The quantitative estimate of drug-likeness (QED) is 0.717. The minimum Gasteiger partial charge on any atom is -0.364 e. The fourth-order valence-corrected chi connectivity index (χ4v) is 1.38. The van der Waals surface area contributed by atoms with E-state index in [1.807, 2.05) is 0 Å². The molecule has 0 saturated heterocycles. The van der Waals surface area contributed by atoms with Crippen LogP contribution >= 0.6 is 0 Å². The van der Waals surface area contributed by atoms with Crippen LogP contribution in [0.2, 0.25) is 0 Å². The number of nitrogens with one attached hydrogen (secondary N) is 1. The van der Waals surface area contributed by atoms with Crippen molar-refractivity contribution in [1.82, 2.24) is 15.1 Å². The van der Waals surface area contributed by atoms with E-state index in [4.69, 9.17) is 5.73 Å². The van der Waals surface area contributed by atoms with Crippen molar-refractivity contribution in [3.63, 3.8) is 0 Å². The van der Waals surface area contributed by atoms with Gasteiger partial charge >= 0.3 is 0 Å². The summed E-state index contributed by atoms with van der Waals surface area (Å²) in [4.78, 5) is 24.2. The molecule has 0 aliphatic heterocycles. The van der Waals surface area contributed by atoms with Crippen LogP contribution in [0.4, 0.5) is 0 Å². The lowest BCUT2D eigenvalue weighted by atomic mass is 10.3. The van der Waals surface area contributed by atoms with E-state index < -0.39 is 5.91 Å². The van der Waals surface area contributed by atoms with E-state index in [0.29, 0.717) is 11.7 Å². The summed E-state index contributed by atoms with van der Waals surface area (Å²) in [6.07, 6.45) is 2.08. The zero-order chi connectivity index (χ0) is 11.0. The maximum atomic E-state index is 11.8. The van der Waals surface area contributed by atoms with E-state index in [-0.39, 0.29) is 11.6 Å². The van der Waals surface area contributed by atoms with Gasteiger partial charge in [0.25, 0.3) is 11.8 Å². The Kier molecular flexibility index (Phi) is 2.18. The number of aromatic amines is 1. The molecule has 0 atom stereocenters. The second-order valence-electron chi connectivity index (χ2n) is 3.68. The minimum absolute atomic E-state index is 0.0857. The van der Waals surface area contributed by atoms with E-state index in [0.717, 1.165) is 12.8 Å². The summed E-state index contributed by atoms with van der Waals surface area (Å²) in [5.74, 6) is -0.795. The first-order valence-electron chi connectivity index (χ1n) is 4.72. The SMILES string of the molecule is CN(C(=O)c1cc(C(N)=O)n[nH]1)C1CC1. The van der Waals surface area contributed by atoms with Gasteiger partial charge in [-0.25, -0.2) is 0 Å². The highest BCUT2D eigenvalue weighted by atomic mass is 16.2. The lowest BCUT2D eigenvalue weighted by Crippen LogP contribution is -2.29. The molecule has 0 aromatic carbocycles. The zero-order valence-electron chi connectivity index (χ0n) is 8.36. The van der Waals surface area contributed by atoms with Crippen LogP contribution in [-0.2, 0) is 0 Å². The molecule has 1 aromatic rings. The van der Waals surface area contributed by atoms with Gasteiger partial charge in [0.2, 0.25) is 0 Å². The Morgan fingerprint density at radius 3 is 2.73 bits per heavy atom. The fourth-order valence-electron chi connectivity index (χ4n) is 1.38. The van der Waals surface area contributed by atoms with Gasteiger partial charge in [0.15, 0.2) is 5.69 Å². The highest BCUT2D eigenvalue weighted by Crippen LogP contribution is 2.26. The van der Waals surface area contributed by atoms with Crippen LogP contribution in [0, 0.1) is 0 Å². The van der Waals surface area contributed by atoms with Crippen LogP contribution in [-0.4, -0.2) is 40.0 Å². The van der Waals surface area contributed by atoms with Gasteiger partial charge < -0.3 is 10.6 Å². The molecule has 0 spiro atoms. The first kappa shape index (κ1) is 9.70. The molecule has 15 heavy (non-hydrogen) atoms. The second-order valence-corrected chi connectivity index (χ2v) is 3.68. The lowest BCUT2D eigenvalue weighted by Gasteiger charge is -2.14. The largest absolute Gasteiger partial charge is 0.364 e. The Morgan fingerprint density at radius 2 is 2.27 bits per heavy atom. The van der Waals surface area contributed by atoms with Crippen molar-refractivity contribution < 1.29 is 9.59 Å². The molecule has 1 fully saturated rings. The van der Waals surface area contributed by atoms with E-state index in [2.05, 4.69) is 10.2 Å². The van der Waals surface area contributed by atoms with E-state index in [1.54, 1.807) is 11.9 Å². The van der Waals surface area contributed by atoms with Gasteiger partial charge in [-0.1, -0.05) is 0 Å². The highest BCUT2D eigenvalue weighted by Gasteiger charge is 2.30. The maximum Gasteiger partial charge on any atom is 0.271 e. The first-order chi connectivity index (χ1) is 7.09. The van der Waals surface area contributed by atoms with Crippen LogP contribution in [0.15, 0.2) is 6.07 Å². The molecule has 0 radical (unpaired) electrons. The van der Waals surface area contributed by atoms with Gasteiger partial charge in [-0.3, -0.25) is 14.7 Å². The summed E-state index contributed by atoms with van der Waals surface area (Å²) in [5.41, 5.74) is 5.42. The fraction of sp³-hybridized carbons (Fsp3) is 0.444. The first-order valence-corrected chi connectivity index (χ1v) is 4.72. The van der Waals surface area contributed by atoms with Gasteiger partial charge in [0.1, 0.15) is 5.69 Å². The van der Waals surface area contributed by atoms with Crippen molar-refractivity contribution in [2.45, 2.75) is 18.9 Å². The summed E-state index contributed by atoms with van der Waals surface area (Å²) in [6, 6.07) is 1.71. The molecular weight excluding hydrogens is 196 g/mol. The van der Waals surface area contributed by atoms with Crippen LogP contribution in [0.3, 0.4) is 0 Å². The monoisotopic (exact) mass is 208 g/mol. The molecule has 2 amide bonds. The van der Waals surface area contributed by atoms with Crippen molar-refractivity contribution >= 4 is 11.8 Å². The second kappa shape index (κ2) is 3.38. The number of aromatic nitrogens is 2. The van der Waals surface area contributed by atoms with E-state index in [9.17, 15) is 9.59 Å². The Labute approximate surface area is 86.4 Å². The summed E-state index contributed by atoms with van der Waals surface area (Å²) >= 11 is 0. The van der Waals surface area contributed by atoms with Crippen molar-refractivity contribution in [3.05, 3.63) is 17.5 Å². The van der Waals surface area contributed by atoms with Crippen LogP contribution in [0.25, 0.3) is 0 Å². The summed E-state index contributed by atoms with van der Waals surface area (Å²) in [7, 11) is 1.74.